The Morgan fingerprint density at radius 3 is 2.53 bits per heavy atom. The van der Waals surface area contributed by atoms with Gasteiger partial charge in [-0.1, -0.05) is 13.0 Å². The van der Waals surface area contributed by atoms with Crippen LogP contribution in [-0.2, 0) is 9.31 Å². The third-order valence-electron chi connectivity index (χ3n) is 4.46. The van der Waals surface area contributed by atoms with Gasteiger partial charge in [0.25, 0.3) is 0 Å². The molecule has 2 aromatic rings. The van der Waals surface area contributed by atoms with Crippen molar-refractivity contribution >= 4 is 7.32 Å². The quantitative estimate of drug-likeness (QED) is 0.423. The predicted octanol–water partition coefficient (Wildman–Crippen LogP) is 2.01. The lowest BCUT2D eigenvalue weighted by molar-refractivity contribution is 0.0532. The summed E-state index contributed by atoms with van der Waals surface area (Å²) >= 11 is 0. The maximum Gasteiger partial charge on any atom is 0.636 e. The Balaban J connectivity index is 2.16. The van der Waals surface area contributed by atoms with Crippen molar-refractivity contribution in [2.75, 3.05) is 33.5 Å². The molecule has 1 heterocycles. The number of benzene rings is 1. The van der Waals surface area contributed by atoms with Crippen molar-refractivity contribution in [1.82, 2.24) is 4.98 Å². The largest absolute Gasteiger partial charge is 0.636 e. The molecule has 9 heteroatoms. The third-order valence-corrected chi connectivity index (χ3v) is 4.46. The maximum absolute atomic E-state index is 9.78. The first-order chi connectivity index (χ1) is 14.5. The van der Waals surface area contributed by atoms with E-state index in [1.807, 2.05) is 31.2 Å². The minimum absolute atomic E-state index is 0.0222. The van der Waals surface area contributed by atoms with E-state index in [-0.39, 0.29) is 19.8 Å². The number of hydrogen-bond donors (Lipinski definition) is 3. The topological polar surface area (TPSA) is 111 Å². The summed E-state index contributed by atoms with van der Waals surface area (Å²) in [7, 11) is 0.110. The van der Waals surface area contributed by atoms with Crippen LogP contribution < -0.4 is 9.47 Å². The average molecular weight is 419 g/mol. The predicted molar refractivity (Wildman–Crippen MR) is 113 cm³/mol. The monoisotopic (exact) mass is 419 g/mol. The van der Waals surface area contributed by atoms with E-state index in [4.69, 9.17) is 23.9 Å². The van der Waals surface area contributed by atoms with Crippen molar-refractivity contribution in [2.45, 2.75) is 32.3 Å². The number of ether oxygens (including phenoxy) is 2. The normalized spacial score (nSPS) is 13.0. The Hall–Kier alpha value is -2.17. The lowest BCUT2D eigenvalue weighted by atomic mass is 9.98. The van der Waals surface area contributed by atoms with E-state index < -0.39 is 19.3 Å². The van der Waals surface area contributed by atoms with E-state index in [9.17, 15) is 10.1 Å². The van der Waals surface area contributed by atoms with Crippen molar-refractivity contribution in [3.05, 3.63) is 42.2 Å². The molecule has 0 saturated carbocycles. The van der Waals surface area contributed by atoms with Crippen LogP contribution in [0.15, 0.2) is 36.7 Å². The number of nitrogens with zero attached hydrogens (tertiary/aromatic N) is 1. The van der Waals surface area contributed by atoms with E-state index >= 15 is 0 Å². The first-order valence-corrected chi connectivity index (χ1v) is 9.95. The van der Waals surface area contributed by atoms with Gasteiger partial charge in [0.15, 0.2) is 11.5 Å². The Labute approximate surface area is 177 Å². The van der Waals surface area contributed by atoms with Gasteiger partial charge in [-0.15, -0.1) is 0 Å². The van der Waals surface area contributed by atoms with Gasteiger partial charge < -0.3 is 34.0 Å². The van der Waals surface area contributed by atoms with Crippen LogP contribution >= 0.6 is 0 Å². The fraction of sp³-hybridized carbons (Fsp3) is 0.476. The van der Waals surface area contributed by atoms with Gasteiger partial charge in [-0.3, -0.25) is 4.98 Å². The first-order valence-electron chi connectivity index (χ1n) is 9.95. The SMILES string of the molecule is CCCOc1cc(-c2cncc([C@@H](CO)COB(O)O[C@H](C)CO)c2)ccc1OC. The van der Waals surface area contributed by atoms with Gasteiger partial charge in [0.1, 0.15) is 0 Å². The lowest BCUT2D eigenvalue weighted by Crippen LogP contribution is -2.31. The fourth-order valence-electron chi connectivity index (χ4n) is 2.75. The molecule has 0 saturated heterocycles. The summed E-state index contributed by atoms with van der Waals surface area (Å²) in [6.45, 7) is 3.82. The summed E-state index contributed by atoms with van der Waals surface area (Å²) in [5.41, 5.74) is 2.50. The molecule has 0 aliphatic rings. The maximum atomic E-state index is 9.78. The zero-order chi connectivity index (χ0) is 21.9. The molecule has 1 aromatic heterocycles. The molecule has 164 valence electrons. The molecular formula is C21H30BNO7. The van der Waals surface area contributed by atoms with E-state index in [1.54, 1.807) is 26.4 Å². The highest BCUT2D eigenvalue weighted by Gasteiger charge is 2.22. The molecule has 0 amide bonds. The molecule has 0 aliphatic carbocycles. The number of aliphatic hydroxyl groups excluding tert-OH is 2. The van der Waals surface area contributed by atoms with Crippen LogP contribution in [0.5, 0.6) is 11.5 Å². The van der Waals surface area contributed by atoms with E-state index in [0.717, 1.165) is 23.1 Å². The lowest BCUT2D eigenvalue weighted by Gasteiger charge is -2.18. The highest BCUT2D eigenvalue weighted by molar-refractivity contribution is 6.34. The smallest absolute Gasteiger partial charge is 0.493 e. The van der Waals surface area contributed by atoms with Crippen molar-refractivity contribution in [3.8, 4) is 22.6 Å². The van der Waals surface area contributed by atoms with Gasteiger partial charge in [0, 0.05) is 30.5 Å². The highest BCUT2D eigenvalue weighted by atomic mass is 16.7. The first kappa shape index (κ1) is 24.1. The van der Waals surface area contributed by atoms with Crippen LogP contribution in [0.25, 0.3) is 11.1 Å². The molecule has 3 N–H and O–H groups in total. The Kier molecular flexibility index (Phi) is 10.1. The van der Waals surface area contributed by atoms with Crippen LogP contribution in [0.4, 0.5) is 0 Å². The van der Waals surface area contributed by atoms with Gasteiger partial charge in [-0.25, -0.2) is 0 Å². The number of hydrogen-bond acceptors (Lipinski definition) is 8. The number of methoxy groups -OCH3 is 1. The molecule has 2 atom stereocenters. The molecular weight excluding hydrogens is 389 g/mol. The molecule has 8 nitrogen and oxygen atoms in total. The fourth-order valence-corrected chi connectivity index (χ4v) is 2.75. The van der Waals surface area contributed by atoms with Crippen molar-refractivity contribution in [3.63, 3.8) is 0 Å². The summed E-state index contributed by atoms with van der Waals surface area (Å²) < 4.78 is 21.4. The van der Waals surface area contributed by atoms with E-state index in [2.05, 4.69) is 4.98 Å². The molecule has 0 bridgehead atoms. The standard InChI is InChI=1S/C21H30BNO7/c1-4-7-28-21-9-16(5-6-20(21)27-3)17-8-18(11-23-10-17)19(13-25)14-29-22(26)30-15(2)12-24/h5-6,8-11,15,19,24-26H,4,7,12-14H2,1-3H3/t15-,19+/m1/s1. The second-order valence-electron chi connectivity index (χ2n) is 6.87. The van der Waals surface area contributed by atoms with Crippen LogP contribution in [0.2, 0.25) is 0 Å². The summed E-state index contributed by atoms with van der Waals surface area (Å²) in [6, 6.07) is 7.56. The molecule has 0 radical (unpaired) electrons. The summed E-state index contributed by atoms with van der Waals surface area (Å²) in [6.07, 6.45) is 3.70. The van der Waals surface area contributed by atoms with Crippen molar-refractivity contribution in [2.24, 2.45) is 0 Å². The molecule has 0 aliphatic heterocycles. The number of pyridine rings is 1. The summed E-state index contributed by atoms with van der Waals surface area (Å²) in [5, 5.41) is 28.5. The van der Waals surface area contributed by atoms with Crippen LogP contribution in [0.3, 0.4) is 0 Å². The molecule has 30 heavy (non-hydrogen) atoms. The minimum atomic E-state index is -1.49. The second-order valence-corrected chi connectivity index (χ2v) is 6.87. The molecule has 1 aromatic carbocycles. The molecule has 0 spiro atoms. The zero-order valence-electron chi connectivity index (χ0n) is 17.7. The second kappa shape index (κ2) is 12.5. The van der Waals surface area contributed by atoms with E-state index in [1.165, 1.54) is 0 Å². The minimum Gasteiger partial charge on any atom is -0.493 e. The zero-order valence-corrected chi connectivity index (χ0v) is 17.7. The van der Waals surface area contributed by atoms with E-state index in [0.29, 0.717) is 18.1 Å². The van der Waals surface area contributed by atoms with Gasteiger partial charge in [-0.05, 0) is 42.7 Å². The number of rotatable bonds is 13. The van der Waals surface area contributed by atoms with Crippen LogP contribution in [0, 0.1) is 0 Å². The van der Waals surface area contributed by atoms with Crippen LogP contribution in [0.1, 0.15) is 31.7 Å². The van der Waals surface area contributed by atoms with Gasteiger partial charge in [0.2, 0.25) is 0 Å². The Morgan fingerprint density at radius 1 is 1.07 bits per heavy atom. The average Bonchev–Trinajstić information content (AvgIpc) is 2.77. The van der Waals surface area contributed by atoms with Crippen molar-refractivity contribution < 1.29 is 34.0 Å². The molecule has 0 unspecified atom stereocenters. The Bertz CT molecular complexity index is 777. The summed E-state index contributed by atoms with van der Waals surface area (Å²) in [5.74, 6) is 0.904. The summed E-state index contributed by atoms with van der Waals surface area (Å²) in [4.78, 5) is 4.29. The highest BCUT2D eigenvalue weighted by Crippen LogP contribution is 2.33. The van der Waals surface area contributed by atoms with Gasteiger partial charge in [-0.2, -0.15) is 0 Å². The number of aromatic nitrogens is 1. The van der Waals surface area contributed by atoms with Gasteiger partial charge in [0.05, 0.1) is 33.0 Å². The van der Waals surface area contributed by atoms with Gasteiger partial charge >= 0.3 is 7.32 Å². The van der Waals surface area contributed by atoms with Crippen molar-refractivity contribution in [1.29, 1.82) is 0 Å². The third kappa shape index (κ3) is 6.96. The number of aliphatic hydroxyl groups is 2. The Morgan fingerprint density at radius 2 is 1.87 bits per heavy atom. The molecule has 0 fully saturated rings. The van der Waals surface area contributed by atoms with Crippen LogP contribution in [-0.4, -0.2) is 67.2 Å². The molecule has 2 rings (SSSR count).